The molecule has 7 nitrogen and oxygen atoms in total. The molecule has 0 aromatic heterocycles. The van der Waals surface area contributed by atoms with Crippen LogP contribution in [0.2, 0.25) is 0 Å². The highest BCUT2D eigenvalue weighted by atomic mass is 32.2. The fourth-order valence-electron chi connectivity index (χ4n) is 2.50. The Labute approximate surface area is 136 Å². The van der Waals surface area contributed by atoms with Gasteiger partial charge in [-0.15, -0.1) is 0 Å². The van der Waals surface area contributed by atoms with Gasteiger partial charge in [-0.1, -0.05) is 0 Å². The molecule has 0 saturated carbocycles. The van der Waals surface area contributed by atoms with E-state index < -0.39 is 10.0 Å². The van der Waals surface area contributed by atoms with E-state index in [0.717, 1.165) is 5.56 Å². The maximum absolute atomic E-state index is 12.0. The number of rotatable bonds is 5. The normalized spacial score (nSPS) is 16.2. The van der Waals surface area contributed by atoms with Crippen LogP contribution in [0, 0.1) is 6.92 Å². The first kappa shape index (κ1) is 17.3. The molecule has 1 aliphatic heterocycles. The highest BCUT2D eigenvalue weighted by Crippen LogP contribution is 2.29. The lowest BCUT2D eigenvalue weighted by Gasteiger charge is -2.20. The SMILES string of the molecule is CC(=O)NCCC(=O)Nc1ccc(N2CCCS2(=O)=O)c(C)c1. The van der Waals surface area contributed by atoms with Crippen molar-refractivity contribution in [3.8, 4) is 0 Å². The predicted molar refractivity (Wildman–Crippen MR) is 88.9 cm³/mol. The number of nitrogens with one attached hydrogen (secondary N) is 2. The number of aryl methyl sites for hydroxylation is 1. The van der Waals surface area contributed by atoms with Crippen LogP contribution in [0.25, 0.3) is 0 Å². The van der Waals surface area contributed by atoms with Crippen molar-refractivity contribution in [3.05, 3.63) is 23.8 Å². The third-order valence-corrected chi connectivity index (χ3v) is 5.43. The second-order valence-corrected chi connectivity index (χ2v) is 7.54. The minimum absolute atomic E-state index is 0.175. The van der Waals surface area contributed by atoms with Crippen LogP contribution >= 0.6 is 0 Å². The zero-order valence-corrected chi connectivity index (χ0v) is 14.1. The number of hydrogen-bond acceptors (Lipinski definition) is 4. The highest BCUT2D eigenvalue weighted by molar-refractivity contribution is 7.93. The molecule has 1 saturated heterocycles. The maximum atomic E-state index is 12.0. The van der Waals surface area contributed by atoms with Crippen LogP contribution in [0.3, 0.4) is 0 Å². The highest BCUT2D eigenvalue weighted by Gasteiger charge is 2.29. The number of anilines is 2. The number of carbonyl (C=O) groups excluding carboxylic acids is 2. The Kier molecular flexibility index (Phi) is 5.25. The van der Waals surface area contributed by atoms with E-state index in [0.29, 0.717) is 24.3 Å². The average Bonchev–Trinajstić information content (AvgIpc) is 2.78. The van der Waals surface area contributed by atoms with Crippen molar-refractivity contribution >= 4 is 33.2 Å². The van der Waals surface area contributed by atoms with Crippen molar-refractivity contribution in [3.63, 3.8) is 0 Å². The van der Waals surface area contributed by atoms with E-state index in [-0.39, 0.29) is 30.5 Å². The molecule has 0 radical (unpaired) electrons. The predicted octanol–water partition coefficient (Wildman–Crippen LogP) is 1.000. The van der Waals surface area contributed by atoms with Crippen LogP contribution < -0.4 is 14.9 Å². The number of carbonyl (C=O) groups is 2. The molecule has 2 N–H and O–H groups in total. The zero-order chi connectivity index (χ0) is 17.0. The van der Waals surface area contributed by atoms with Gasteiger partial charge >= 0.3 is 0 Å². The van der Waals surface area contributed by atoms with Crippen molar-refractivity contribution in [2.75, 3.05) is 28.5 Å². The lowest BCUT2D eigenvalue weighted by atomic mass is 10.1. The van der Waals surface area contributed by atoms with Gasteiger partial charge in [0.05, 0.1) is 11.4 Å². The van der Waals surface area contributed by atoms with Crippen LogP contribution in [0.1, 0.15) is 25.3 Å². The largest absolute Gasteiger partial charge is 0.356 e. The molecule has 1 aromatic rings. The molecule has 1 aromatic carbocycles. The first-order valence-electron chi connectivity index (χ1n) is 7.45. The van der Waals surface area contributed by atoms with Gasteiger partial charge in [-0.3, -0.25) is 13.9 Å². The summed E-state index contributed by atoms with van der Waals surface area (Å²) in [5.74, 6) is -0.210. The first-order chi connectivity index (χ1) is 10.8. The molecule has 1 aliphatic rings. The van der Waals surface area contributed by atoms with Crippen LogP contribution in [0.15, 0.2) is 18.2 Å². The Balaban J connectivity index is 2.02. The topological polar surface area (TPSA) is 95.6 Å². The second kappa shape index (κ2) is 6.99. The summed E-state index contributed by atoms with van der Waals surface area (Å²) in [6, 6.07) is 5.15. The van der Waals surface area contributed by atoms with E-state index in [1.807, 2.05) is 6.92 Å². The number of nitrogens with zero attached hydrogens (tertiary/aromatic N) is 1. The molecular weight excluding hydrogens is 318 g/mol. The maximum Gasteiger partial charge on any atom is 0.235 e. The van der Waals surface area contributed by atoms with Gasteiger partial charge in [0.15, 0.2) is 0 Å². The van der Waals surface area contributed by atoms with Crippen molar-refractivity contribution < 1.29 is 18.0 Å². The standard InChI is InChI=1S/C15H21N3O4S/c1-11-10-13(17-15(20)6-7-16-12(2)19)4-5-14(11)18-8-3-9-23(18,21)22/h4-5,10H,3,6-9H2,1-2H3,(H,16,19)(H,17,20). The van der Waals surface area contributed by atoms with Crippen LogP contribution in [-0.4, -0.2) is 39.1 Å². The van der Waals surface area contributed by atoms with Gasteiger partial charge in [0.25, 0.3) is 0 Å². The minimum atomic E-state index is -3.21. The molecule has 0 spiro atoms. The molecule has 23 heavy (non-hydrogen) atoms. The second-order valence-electron chi connectivity index (χ2n) is 5.52. The van der Waals surface area contributed by atoms with Gasteiger partial charge in [0.1, 0.15) is 0 Å². The number of sulfonamides is 1. The Hall–Kier alpha value is -2.09. The molecule has 0 unspecified atom stereocenters. The van der Waals surface area contributed by atoms with Crippen molar-refractivity contribution in [1.29, 1.82) is 0 Å². The molecule has 0 aliphatic carbocycles. The number of benzene rings is 1. The Morgan fingerprint density at radius 1 is 1.30 bits per heavy atom. The summed E-state index contributed by atoms with van der Waals surface area (Å²) in [5, 5.41) is 5.29. The summed E-state index contributed by atoms with van der Waals surface area (Å²) in [6.07, 6.45) is 0.810. The molecule has 0 atom stereocenters. The fourth-order valence-corrected chi connectivity index (χ4v) is 4.12. The Morgan fingerprint density at radius 3 is 2.61 bits per heavy atom. The number of amides is 2. The van der Waals surface area contributed by atoms with E-state index in [4.69, 9.17) is 0 Å². The van der Waals surface area contributed by atoms with Crippen LogP contribution in [0.5, 0.6) is 0 Å². The average molecular weight is 339 g/mol. The third kappa shape index (κ3) is 4.44. The van der Waals surface area contributed by atoms with Crippen LogP contribution in [0.4, 0.5) is 11.4 Å². The summed E-state index contributed by atoms with van der Waals surface area (Å²) in [5.41, 5.74) is 2.05. The van der Waals surface area contributed by atoms with E-state index in [2.05, 4.69) is 10.6 Å². The summed E-state index contributed by atoms with van der Waals surface area (Å²) < 4.78 is 25.4. The molecule has 2 amide bonds. The smallest absolute Gasteiger partial charge is 0.235 e. The monoisotopic (exact) mass is 339 g/mol. The van der Waals surface area contributed by atoms with Gasteiger partial charge in [0, 0.05) is 32.1 Å². The summed E-state index contributed by atoms with van der Waals surface area (Å²) in [7, 11) is -3.21. The lowest BCUT2D eigenvalue weighted by molar-refractivity contribution is -0.119. The van der Waals surface area contributed by atoms with Gasteiger partial charge in [-0.05, 0) is 37.1 Å². The van der Waals surface area contributed by atoms with E-state index in [1.54, 1.807) is 18.2 Å². The summed E-state index contributed by atoms with van der Waals surface area (Å²) >= 11 is 0. The molecule has 0 bridgehead atoms. The summed E-state index contributed by atoms with van der Waals surface area (Å²) in [6.45, 7) is 3.98. The van der Waals surface area contributed by atoms with Gasteiger partial charge in [-0.2, -0.15) is 0 Å². The lowest BCUT2D eigenvalue weighted by Crippen LogP contribution is -2.26. The molecule has 126 valence electrons. The van der Waals surface area contributed by atoms with Crippen molar-refractivity contribution in [2.45, 2.75) is 26.7 Å². The Morgan fingerprint density at radius 2 is 2.04 bits per heavy atom. The Bertz CT molecular complexity index is 715. The van der Waals surface area contributed by atoms with Gasteiger partial charge < -0.3 is 10.6 Å². The van der Waals surface area contributed by atoms with E-state index >= 15 is 0 Å². The van der Waals surface area contributed by atoms with E-state index in [9.17, 15) is 18.0 Å². The summed E-state index contributed by atoms with van der Waals surface area (Å²) in [4.78, 5) is 22.5. The number of hydrogen-bond donors (Lipinski definition) is 2. The first-order valence-corrected chi connectivity index (χ1v) is 9.06. The molecule has 2 rings (SSSR count). The van der Waals surface area contributed by atoms with E-state index in [1.165, 1.54) is 11.2 Å². The minimum Gasteiger partial charge on any atom is -0.356 e. The fraction of sp³-hybridized carbons (Fsp3) is 0.467. The quantitative estimate of drug-likeness (QED) is 0.836. The van der Waals surface area contributed by atoms with Crippen molar-refractivity contribution in [1.82, 2.24) is 5.32 Å². The molecule has 1 fully saturated rings. The molecule has 1 heterocycles. The molecule has 8 heteroatoms. The molecular formula is C15H21N3O4S. The third-order valence-electron chi connectivity index (χ3n) is 3.57. The van der Waals surface area contributed by atoms with Gasteiger partial charge in [-0.25, -0.2) is 8.42 Å². The van der Waals surface area contributed by atoms with Crippen LogP contribution in [-0.2, 0) is 19.6 Å². The zero-order valence-electron chi connectivity index (χ0n) is 13.3. The van der Waals surface area contributed by atoms with Crippen molar-refractivity contribution in [2.24, 2.45) is 0 Å². The van der Waals surface area contributed by atoms with Gasteiger partial charge in [0.2, 0.25) is 21.8 Å².